The molecule has 4 heteroatoms. The first kappa shape index (κ1) is 12.2. The van der Waals surface area contributed by atoms with Crippen molar-refractivity contribution >= 4 is 5.69 Å². The molecular weight excluding hydrogens is 219 g/mol. The van der Waals surface area contributed by atoms with E-state index >= 15 is 0 Å². The van der Waals surface area contributed by atoms with Crippen LogP contribution >= 0.6 is 0 Å². The van der Waals surface area contributed by atoms with Gasteiger partial charge >= 0.3 is 0 Å². The van der Waals surface area contributed by atoms with E-state index in [1.165, 1.54) is 5.56 Å². The smallest absolute Gasteiger partial charge is 0.142 e. The van der Waals surface area contributed by atoms with Gasteiger partial charge in [-0.05, 0) is 24.6 Å². The Morgan fingerprint density at radius 2 is 2.12 bits per heavy atom. The minimum atomic E-state index is -0.450. The SMILES string of the molecule is Cc1ccc(OCCF)c(N2CCNCC2)c1. The van der Waals surface area contributed by atoms with E-state index in [4.69, 9.17) is 4.74 Å². The largest absolute Gasteiger partial charge is 0.489 e. The summed E-state index contributed by atoms with van der Waals surface area (Å²) in [4.78, 5) is 2.29. The number of aryl methyl sites for hydroxylation is 1. The number of halogens is 1. The summed E-state index contributed by atoms with van der Waals surface area (Å²) in [6.45, 7) is 5.64. The molecule has 0 atom stereocenters. The third-order valence-electron chi connectivity index (χ3n) is 2.91. The molecule has 1 fully saturated rings. The van der Waals surface area contributed by atoms with Gasteiger partial charge in [0.1, 0.15) is 19.0 Å². The van der Waals surface area contributed by atoms with E-state index in [1.807, 2.05) is 12.1 Å². The lowest BCUT2D eigenvalue weighted by Gasteiger charge is -2.31. The van der Waals surface area contributed by atoms with Crippen LogP contribution in [0.5, 0.6) is 5.75 Å². The molecule has 1 heterocycles. The molecule has 0 aliphatic carbocycles. The maximum absolute atomic E-state index is 12.2. The van der Waals surface area contributed by atoms with Gasteiger partial charge in [-0.2, -0.15) is 0 Å². The molecule has 2 rings (SSSR count). The number of rotatable bonds is 4. The third-order valence-corrected chi connectivity index (χ3v) is 2.91. The highest BCUT2D eigenvalue weighted by Crippen LogP contribution is 2.29. The number of ether oxygens (including phenoxy) is 1. The Morgan fingerprint density at radius 1 is 1.35 bits per heavy atom. The molecule has 94 valence electrons. The van der Waals surface area contributed by atoms with Crippen LogP contribution in [0.2, 0.25) is 0 Å². The first-order valence-electron chi connectivity index (χ1n) is 6.06. The Bertz CT molecular complexity index is 364. The molecule has 1 aliphatic heterocycles. The van der Waals surface area contributed by atoms with Gasteiger partial charge in [0.15, 0.2) is 0 Å². The van der Waals surface area contributed by atoms with E-state index in [9.17, 15) is 4.39 Å². The van der Waals surface area contributed by atoms with Gasteiger partial charge in [0.05, 0.1) is 5.69 Å². The molecule has 1 aromatic rings. The number of alkyl halides is 1. The number of hydrogen-bond donors (Lipinski definition) is 1. The van der Waals surface area contributed by atoms with Gasteiger partial charge in [-0.1, -0.05) is 6.07 Å². The molecule has 0 bridgehead atoms. The van der Waals surface area contributed by atoms with E-state index in [-0.39, 0.29) is 6.61 Å². The number of nitrogens with one attached hydrogen (secondary N) is 1. The fourth-order valence-corrected chi connectivity index (χ4v) is 2.05. The van der Waals surface area contributed by atoms with Crippen LogP contribution in [-0.4, -0.2) is 39.5 Å². The van der Waals surface area contributed by atoms with Gasteiger partial charge in [-0.15, -0.1) is 0 Å². The van der Waals surface area contributed by atoms with Crippen LogP contribution in [0.1, 0.15) is 5.56 Å². The Labute approximate surface area is 102 Å². The van der Waals surface area contributed by atoms with Gasteiger partial charge in [0.2, 0.25) is 0 Å². The van der Waals surface area contributed by atoms with E-state index in [2.05, 4.69) is 23.2 Å². The quantitative estimate of drug-likeness (QED) is 0.865. The lowest BCUT2D eigenvalue weighted by atomic mass is 10.1. The summed E-state index contributed by atoms with van der Waals surface area (Å²) < 4.78 is 17.6. The van der Waals surface area contributed by atoms with E-state index in [0.717, 1.165) is 37.6 Å². The number of hydrogen-bond acceptors (Lipinski definition) is 3. The average Bonchev–Trinajstić information content (AvgIpc) is 2.38. The van der Waals surface area contributed by atoms with Gasteiger partial charge in [0.25, 0.3) is 0 Å². The summed E-state index contributed by atoms with van der Waals surface area (Å²) in [5.41, 5.74) is 2.28. The average molecular weight is 238 g/mol. The molecule has 1 N–H and O–H groups in total. The van der Waals surface area contributed by atoms with Crippen LogP contribution in [0.3, 0.4) is 0 Å². The molecule has 3 nitrogen and oxygen atoms in total. The molecule has 1 aliphatic rings. The first-order chi connectivity index (χ1) is 8.31. The summed E-state index contributed by atoms with van der Waals surface area (Å²) in [6.07, 6.45) is 0. The Morgan fingerprint density at radius 3 is 2.82 bits per heavy atom. The van der Waals surface area contributed by atoms with E-state index < -0.39 is 6.67 Å². The Kier molecular flexibility index (Phi) is 4.20. The lowest BCUT2D eigenvalue weighted by molar-refractivity contribution is 0.273. The highest BCUT2D eigenvalue weighted by molar-refractivity contribution is 5.60. The second-order valence-corrected chi connectivity index (χ2v) is 4.25. The van der Waals surface area contributed by atoms with Crippen molar-refractivity contribution in [1.82, 2.24) is 5.32 Å². The van der Waals surface area contributed by atoms with Crippen molar-refractivity contribution in [1.29, 1.82) is 0 Å². The van der Waals surface area contributed by atoms with Crippen molar-refractivity contribution in [3.8, 4) is 5.75 Å². The van der Waals surface area contributed by atoms with Crippen molar-refractivity contribution < 1.29 is 9.13 Å². The van der Waals surface area contributed by atoms with Crippen LogP contribution in [0.4, 0.5) is 10.1 Å². The molecule has 0 radical (unpaired) electrons. The summed E-state index contributed by atoms with van der Waals surface area (Å²) in [5, 5.41) is 3.32. The highest BCUT2D eigenvalue weighted by atomic mass is 19.1. The maximum atomic E-state index is 12.2. The monoisotopic (exact) mass is 238 g/mol. The molecular formula is C13H19FN2O. The zero-order chi connectivity index (χ0) is 12.1. The van der Waals surface area contributed by atoms with Crippen molar-refractivity contribution in [3.05, 3.63) is 23.8 Å². The molecule has 1 saturated heterocycles. The number of piperazine rings is 1. The zero-order valence-electron chi connectivity index (χ0n) is 10.2. The minimum absolute atomic E-state index is 0.127. The molecule has 0 aromatic heterocycles. The predicted molar refractivity (Wildman–Crippen MR) is 67.7 cm³/mol. The van der Waals surface area contributed by atoms with Crippen molar-refractivity contribution in [2.24, 2.45) is 0 Å². The fraction of sp³-hybridized carbons (Fsp3) is 0.538. The topological polar surface area (TPSA) is 24.5 Å². The summed E-state index contributed by atoms with van der Waals surface area (Å²) in [5.74, 6) is 0.787. The molecule has 17 heavy (non-hydrogen) atoms. The number of anilines is 1. The molecule has 0 amide bonds. The van der Waals surface area contributed by atoms with Gasteiger partial charge in [-0.3, -0.25) is 0 Å². The molecule has 0 saturated carbocycles. The first-order valence-corrected chi connectivity index (χ1v) is 6.06. The van der Waals surface area contributed by atoms with Crippen molar-refractivity contribution in [2.75, 3.05) is 44.4 Å². The van der Waals surface area contributed by atoms with Crippen LogP contribution in [0.15, 0.2) is 18.2 Å². The third kappa shape index (κ3) is 3.09. The Hall–Kier alpha value is -1.29. The Balaban J connectivity index is 2.19. The maximum Gasteiger partial charge on any atom is 0.142 e. The van der Waals surface area contributed by atoms with Crippen LogP contribution < -0.4 is 15.0 Å². The predicted octanol–water partition coefficient (Wildman–Crippen LogP) is 1.75. The fourth-order valence-electron chi connectivity index (χ4n) is 2.05. The molecule has 1 aromatic carbocycles. The summed E-state index contributed by atoms with van der Waals surface area (Å²) in [6, 6.07) is 6.04. The second kappa shape index (κ2) is 5.87. The van der Waals surface area contributed by atoms with Gasteiger partial charge < -0.3 is 15.0 Å². The standard InChI is InChI=1S/C13H19FN2O/c1-11-2-3-13(17-9-4-14)12(10-11)16-7-5-15-6-8-16/h2-3,10,15H,4-9H2,1H3. The zero-order valence-corrected chi connectivity index (χ0v) is 10.2. The van der Waals surface area contributed by atoms with E-state index in [0.29, 0.717) is 0 Å². The normalized spacial score (nSPS) is 16.0. The van der Waals surface area contributed by atoms with E-state index in [1.54, 1.807) is 0 Å². The summed E-state index contributed by atoms with van der Waals surface area (Å²) >= 11 is 0. The van der Waals surface area contributed by atoms with Crippen molar-refractivity contribution in [2.45, 2.75) is 6.92 Å². The molecule has 0 spiro atoms. The number of benzene rings is 1. The molecule has 0 unspecified atom stereocenters. The van der Waals surface area contributed by atoms with Crippen LogP contribution in [-0.2, 0) is 0 Å². The van der Waals surface area contributed by atoms with Crippen molar-refractivity contribution in [3.63, 3.8) is 0 Å². The van der Waals surface area contributed by atoms with Crippen LogP contribution in [0, 0.1) is 6.92 Å². The lowest BCUT2D eigenvalue weighted by Crippen LogP contribution is -2.43. The minimum Gasteiger partial charge on any atom is -0.489 e. The summed E-state index contributed by atoms with van der Waals surface area (Å²) in [7, 11) is 0. The van der Waals surface area contributed by atoms with Gasteiger partial charge in [0, 0.05) is 26.2 Å². The second-order valence-electron chi connectivity index (χ2n) is 4.25. The van der Waals surface area contributed by atoms with Crippen LogP contribution in [0.25, 0.3) is 0 Å². The number of nitrogens with zero attached hydrogens (tertiary/aromatic N) is 1. The van der Waals surface area contributed by atoms with Gasteiger partial charge in [-0.25, -0.2) is 4.39 Å². The highest BCUT2D eigenvalue weighted by Gasteiger charge is 2.15.